The van der Waals surface area contributed by atoms with Crippen LogP contribution in [-0.4, -0.2) is 29.7 Å². The predicted octanol–water partition coefficient (Wildman–Crippen LogP) is 2.89. The molecule has 0 aliphatic heterocycles. The molecule has 0 saturated heterocycles. The van der Waals surface area contributed by atoms with Gasteiger partial charge in [0.05, 0.1) is 16.8 Å². The molecule has 0 aliphatic carbocycles. The average molecular weight is 410 g/mol. The maximum Gasteiger partial charge on any atom is 0.325 e. The molecule has 31 heavy (non-hydrogen) atoms. The average Bonchev–Trinajstić information content (AvgIpc) is 3.23. The van der Waals surface area contributed by atoms with Crippen LogP contribution in [0.4, 0.5) is 0 Å². The molecule has 0 saturated carbocycles. The molecule has 8 heteroatoms. The van der Waals surface area contributed by atoms with Gasteiger partial charge in [0.2, 0.25) is 0 Å². The summed E-state index contributed by atoms with van der Waals surface area (Å²) >= 11 is 0. The van der Waals surface area contributed by atoms with Gasteiger partial charge in [-0.05, 0) is 36.8 Å². The highest BCUT2D eigenvalue weighted by atomic mass is 16.2. The van der Waals surface area contributed by atoms with Crippen molar-refractivity contribution in [2.45, 2.75) is 13.5 Å². The van der Waals surface area contributed by atoms with Crippen LogP contribution in [0.15, 0.2) is 76.8 Å². The highest BCUT2D eigenvalue weighted by Gasteiger charge is 2.12. The van der Waals surface area contributed by atoms with Gasteiger partial charge in [0.15, 0.2) is 0 Å². The number of nitrogens with zero attached hydrogens (tertiary/aromatic N) is 4. The Bertz CT molecular complexity index is 1520. The number of para-hydroxylation sites is 1. The second-order valence-corrected chi connectivity index (χ2v) is 7.27. The van der Waals surface area contributed by atoms with Crippen molar-refractivity contribution >= 4 is 10.9 Å². The van der Waals surface area contributed by atoms with Crippen molar-refractivity contribution in [1.29, 1.82) is 0 Å². The van der Waals surface area contributed by atoms with Crippen molar-refractivity contribution in [1.82, 2.24) is 29.7 Å². The van der Waals surface area contributed by atoms with E-state index in [1.165, 1.54) is 11.8 Å². The third kappa shape index (κ3) is 3.55. The van der Waals surface area contributed by atoms with Gasteiger partial charge in [0.1, 0.15) is 5.69 Å². The lowest BCUT2D eigenvalue weighted by atomic mass is 10.1. The van der Waals surface area contributed by atoms with Crippen LogP contribution in [0.3, 0.4) is 0 Å². The van der Waals surface area contributed by atoms with Gasteiger partial charge < -0.3 is 9.55 Å². The van der Waals surface area contributed by atoms with E-state index in [-0.39, 0.29) is 5.56 Å². The molecule has 1 aromatic carbocycles. The molecule has 0 unspecified atom stereocenters. The number of aromatic nitrogens is 6. The Morgan fingerprint density at radius 1 is 1.03 bits per heavy atom. The monoisotopic (exact) mass is 410 g/mol. The molecule has 0 atom stereocenters. The van der Waals surface area contributed by atoms with Gasteiger partial charge in [-0.2, -0.15) is 5.10 Å². The minimum Gasteiger partial charge on any atom is -0.349 e. The van der Waals surface area contributed by atoms with E-state index >= 15 is 0 Å². The maximum atomic E-state index is 12.1. The molecule has 0 aliphatic rings. The summed E-state index contributed by atoms with van der Waals surface area (Å²) in [5.41, 5.74) is 4.32. The molecule has 2 N–H and O–H groups in total. The lowest BCUT2D eigenvalue weighted by molar-refractivity contribution is 0.811. The third-order valence-corrected chi connectivity index (χ3v) is 5.23. The van der Waals surface area contributed by atoms with Gasteiger partial charge in [-0.25, -0.2) is 4.79 Å². The van der Waals surface area contributed by atoms with Crippen LogP contribution in [0, 0.1) is 6.92 Å². The summed E-state index contributed by atoms with van der Waals surface area (Å²) in [6.07, 6.45) is 7.23. The van der Waals surface area contributed by atoms with Crippen molar-refractivity contribution in [2.24, 2.45) is 0 Å². The first kappa shape index (κ1) is 18.7. The van der Waals surface area contributed by atoms with Crippen LogP contribution in [0.2, 0.25) is 0 Å². The Morgan fingerprint density at radius 3 is 2.77 bits per heavy atom. The minimum absolute atomic E-state index is 0.260. The molecule has 0 fully saturated rings. The Hall–Kier alpha value is -4.33. The highest BCUT2D eigenvalue weighted by Crippen LogP contribution is 2.26. The molecule has 0 bridgehead atoms. The molecule has 0 spiro atoms. The topological polar surface area (TPSA) is 109 Å². The van der Waals surface area contributed by atoms with Crippen LogP contribution in [0.5, 0.6) is 0 Å². The fourth-order valence-corrected chi connectivity index (χ4v) is 3.66. The standard InChI is InChI=1S/C23H18N6O2/c1-14-18(10-21(28-27-14)19-11-25-23(31)26-22(19)30)16-7-9-29(13-16)12-15-6-8-24-20-5-3-2-4-17(15)20/h2-11,13H,12H2,1H3,(H2,25,26,30,31). The van der Waals surface area contributed by atoms with Crippen LogP contribution < -0.4 is 11.2 Å². The fourth-order valence-electron chi connectivity index (χ4n) is 3.66. The van der Waals surface area contributed by atoms with Gasteiger partial charge in [0.25, 0.3) is 5.56 Å². The van der Waals surface area contributed by atoms with Crippen LogP contribution >= 0.6 is 0 Å². The summed E-state index contributed by atoms with van der Waals surface area (Å²) in [4.78, 5) is 32.5. The van der Waals surface area contributed by atoms with Crippen molar-refractivity contribution in [3.05, 3.63) is 99.3 Å². The van der Waals surface area contributed by atoms with Gasteiger partial charge in [0, 0.05) is 47.8 Å². The third-order valence-electron chi connectivity index (χ3n) is 5.23. The van der Waals surface area contributed by atoms with Gasteiger partial charge >= 0.3 is 5.69 Å². The number of benzene rings is 1. The molecular formula is C23H18N6O2. The first-order chi connectivity index (χ1) is 15.1. The molecule has 0 radical (unpaired) electrons. The lowest BCUT2D eigenvalue weighted by Crippen LogP contribution is -2.22. The quantitative estimate of drug-likeness (QED) is 0.473. The number of H-pyrrole nitrogens is 2. The second-order valence-electron chi connectivity index (χ2n) is 7.27. The number of hydrogen-bond acceptors (Lipinski definition) is 5. The first-order valence-corrected chi connectivity index (χ1v) is 9.74. The summed E-state index contributed by atoms with van der Waals surface area (Å²) in [6.45, 7) is 2.57. The zero-order valence-corrected chi connectivity index (χ0v) is 16.7. The predicted molar refractivity (Wildman–Crippen MR) is 118 cm³/mol. The van der Waals surface area contributed by atoms with E-state index in [0.717, 1.165) is 27.7 Å². The molecule has 4 heterocycles. The summed E-state index contributed by atoms with van der Waals surface area (Å²) in [5, 5.41) is 9.47. The number of fused-ring (bicyclic) bond motifs is 1. The van der Waals surface area contributed by atoms with Crippen molar-refractivity contribution in [2.75, 3.05) is 0 Å². The fraction of sp³-hybridized carbons (Fsp3) is 0.0870. The number of rotatable bonds is 4. The van der Waals surface area contributed by atoms with Crippen LogP contribution in [0.25, 0.3) is 33.3 Å². The van der Waals surface area contributed by atoms with E-state index in [4.69, 9.17) is 0 Å². The SMILES string of the molecule is Cc1nnc(-c2c[nH]c(=O)[nH]c2=O)cc1-c1ccn(Cc2ccnc3ccccc23)c1. The van der Waals surface area contributed by atoms with Crippen molar-refractivity contribution in [3.8, 4) is 22.4 Å². The smallest absolute Gasteiger partial charge is 0.325 e. The van der Waals surface area contributed by atoms with E-state index in [0.29, 0.717) is 12.2 Å². The van der Waals surface area contributed by atoms with Crippen molar-refractivity contribution in [3.63, 3.8) is 0 Å². The summed E-state index contributed by atoms with van der Waals surface area (Å²) in [5.74, 6) is 0. The molecule has 5 aromatic rings. The van der Waals surface area contributed by atoms with E-state index < -0.39 is 11.2 Å². The summed E-state index contributed by atoms with van der Waals surface area (Å²) in [6, 6.07) is 13.9. The normalized spacial score (nSPS) is 11.1. The highest BCUT2D eigenvalue weighted by molar-refractivity contribution is 5.81. The first-order valence-electron chi connectivity index (χ1n) is 9.74. The van der Waals surface area contributed by atoms with E-state index in [1.54, 1.807) is 0 Å². The zero-order valence-electron chi connectivity index (χ0n) is 16.7. The Kier molecular flexibility index (Phi) is 4.51. The zero-order chi connectivity index (χ0) is 21.4. The van der Waals surface area contributed by atoms with Crippen molar-refractivity contribution < 1.29 is 0 Å². The number of nitrogens with one attached hydrogen (secondary N) is 2. The molecule has 8 nitrogen and oxygen atoms in total. The number of aryl methyl sites for hydroxylation is 1. The summed E-state index contributed by atoms with van der Waals surface area (Å²) < 4.78 is 2.10. The van der Waals surface area contributed by atoms with E-state index in [2.05, 4.69) is 35.8 Å². The Balaban J connectivity index is 1.51. The number of hydrogen-bond donors (Lipinski definition) is 2. The van der Waals surface area contributed by atoms with E-state index in [1.807, 2.05) is 61.9 Å². The molecule has 4 aromatic heterocycles. The molecule has 0 amide bonds. The minimum atomic E-state index is -0.560. The van der Waals surface area contributed by atoms with Gasteiger partial charge in [-0.3, -0.25) is 14.8 Å². The Morgan fingerprint density at radius 2 is 1.90 bits per heavy atom. The van der Waals surface area contributed by atoms with Crippen LogP contribution in [-0.2, 0) is 6.54 Å². The Labute approximate surface area is 176 Å². The van der Waals surface area contributed by atoms with E-state index in [9.17, 15) is 9.59 Å². The van der Waals surface area contributed by atoms with Crippen LogP contribution in [0.1, 0.15) is 11.3 Å². The van der Waals surface area contributed by atoms with Gasteiger partial charge in [-0.1, -0.05) is 18.2 Å². The molecular weight excluding hydrogens is 392 g/mol. The molecule has 5 rings (SSSR count). The number of pyridine rings is 1. The van der Waals surface area contributed by atoms with Gasteiger partial charge in [-0.15, -0.1) is 5.10 Å². The number of aromatic amines is 2. The lowest BCUT2D eigenvalue weighted by Gasteiger charge is -2.08. The largest absolute Gasteiger partial charge is 0.349 e. The second kappa shape index (κ2) is 7.49. The summed E-state index contributed by atoms with van der Waals surface area (Å²) in [7, 11) is 0. The molecule has 152 valence electrons. The maximum absolute atomic E-state index is 12.1.